The van der Waals surface area contributed by atoms with Crippen molar-refractivity contribution in [3.05, 3.63) is 47.1 Å². The van der Waals surface area contributed by atoms with Gasteiger partial charge in [0.2, 0.25) is 0 Å². The Balaban J connectivity index is 2.24. The van der Waals surface area contributed by atoms with Crippen molar-refractivity contribution in [3.63, 3.8) is 0 Å². The van der Waals surface area contributed by atoms with Crippen molar-refractivity contribution >= 4 is 5.84 Å². The second kappa shape index (κ2) is 6.69. The van der Waals surface area contributed by atoms with Gasteiger partial charge in [-0.1, -0.05) is 6.08 Å². The molecule has 2 aliphatic rings. The molecule has 0 unspecified atom stereocenters. The fourth-order valence-corrected chi connectivity index (χ4v) is 1.85. The first-order valence-corrected chi connectivity index (χ1v) is 6.75. The minimum absolute atomic E-state index is 0.146. The van der Waals surface area contributed by atoms with Gasteiger partial charge in [-0.25, -0.2) is 0 Å². The highest BCUT2D eigenvalue weighted by Crippen LogP contribution is 2.26. The van der Waals surface area contributed by atoms with E-state index in [4.69, 9.17) is 5.73 Å². The van der Waals surface area contributed by atoms with Crippen LogP contribution in [0.4, 0.5) is 13.2 Å². The van der Waals surface area contributed by atoms with Crippen molar-refractivity contribution in [2.24, 2.45) is 10.7 Å². The number of amidine groups is 1. The summed E-state index contributed by atoms with van der Waals surface area (Å²) in [6, 6.07) is 0. The molecule has 0 aliphatic carbocycles. The molecule has 120 valence electrons. The van der Waals surface area contributed by atoms with Gasteiger partial charge in [0.15, 0.2) is 0 Å². The maximum atomic E-state index is 13.0. The van der Waals surface area contributed by atoms with E-state index in [0.717, 1.165) is 11.6 Å². The Morgan fingerprint density at radius 2 is 2.14 bits per heavy atom. The lowest BCUT2D eigenvalue weighted by Gasteiger charge is -2.25. The molecule has 2 heterocycles. The minimum Gasteiger partial charge on any atom is -0.387 e. The van der Waals surface area contributed by atoms with Gasteiger partial charge in [-0.3, -0.25) is 4.99 Å². The number of allylic oxidation sites excluding steroid dienone is 3. The molecule has 0 atom stereocenters. The molecule has 0 saturated carbocycles. The number of rotatable bonds is 3. The van der Waals surface area contributed by atoms with Gasteiger partial charge < -0.3 is 21.7 Å². The topological polar surface area (TPSA) is 74.5 Å². The van der Waals surface area contributed by atoms with Crippen molar-refractivity contribution in [1.29, 1.82) is 0 Å². The second-order valence-electron chi connectivity index (χ2n) is 4.93. The molecular weight excluding hydrogens is 295 g/mol. The SMILES string of the molecule is C/C(CN)=C1\NC(C(F)(F)F)=CC(=NCC2=CC=CNC2)N1. The molecule has 0 fully saturated rings. The summed E-state index contributed by atoms with van der Waals surface area (Å²) in [5, 5.41) is 8.18. The lowest BCUT2D eigenvalue weighted by atomic mass is 10.2. The number of nitrogens with zero attached hydrogens (tertiary/aromatic N) is 1. The molecule has 2 rings (SSSR count). The third-order valence-electron chi connectivity index (χ3n) is 3.16. The van der Waals surface area contributed by atoms with E-state index in [0.29, 0.717) is 18.7 Å². The molecule has 2 aliphatic heterocycles. The lowest BCUT2D eigenvalue weighted by molar-refractivity contribution is -0.0960. The fourth-order valence-electron chi connectivity index (χ4n) is 1.85. The number of dihydropyridines is 1. The molecule has 0 amide bonds. The third-order valence-corrected chi connectivity index (χ3v) is 3.16. The molecule has 0 spiro atoms. The van der Waals surface area contributed by atoms with Crippen molar-refractivity contribution in [3.8, 4) is 0 Å². The van der Waals surface area contributed by atoms with Crippen LogP contribution >= 0.6 is 0 Å². The van der Waals surface area contributed by atoms with Crippen LogP contribution in [-0.4, -0.2) is 31.6 Å². The number of hydrogen-bond acceptors (Lipinski definition) is 4. The Morgan fingerprint density at radius 1 is 1.36 bits per heavy atom. The number of alkyl halides is 3. The van der Waals surface area contributed by atoms with Crippen molar-refractivity contribution in [2.75, 3.05) is 19.6 Å². The van der Waals surface area contributed by atoms with Gasteiger partial charge in [-0.05, 0) is 30.3 Å². The Labute approximate surface area is 126 Å². The smallest absolute Gasteiger partial charge is 0.387 e. The lowest BCUT2D eigenvalue weighted by Crippen LogP contribution is -2.42. The first kappa shape index (κ1) is 16.2. The highest BCUT2D eigenvalue weighted by atomic mass is 19.4. The summed E-state index contributed by atoms with van der Waals surface area (Å²) < 4.78 is 38.9. The van der Waals surface area contributed by atoms with Crippen LogP contribution in [0.5, 0.6) is 0 Å². The molecular formula is C14H18F3N5. The number of hydrogen-bond donors (Lipinski definition) is 4. The van der Waals surface area contributed by atoms with E-state index in [9.17, 15) is 13.2 Å². The summed E-state index contributed by atoms with van der Waals surface area (Å²) in [5.74, 6) is 0.385. The summed E-state index contributed by atoms with van der Waals surface area (Å²) in [7, 11) is 0. The molecule has 5 N–H and O–H groups in total. The Morgan fingerprint density at radius 3 is 2.73 bits per heavy atom. The van der Waals surface area contributed by atoms with E-state index in [1.54, 1.807) is 13.1 Å². The average Bonchev–Trinajstić information content (AvgIpc) is 2.52. The monoisotopic (exact) mass is 313 g/mol. The molecule has 0 aromatic heterocycles. The largest absolute Gasteiger partial charge is 0.431 e. The molecule has 5 nitrogen and oxygen atoms in total. The molecule has 0 aromatic rings. The van der Waals surface area contributed by atoms with Crippen LogP contribution in [0.15, 0.2) is 52.1 Å². The first-order chi connectivity index (χ1) is 10.4. The van der Waals surface area contributed by atoms with Gasteiger partial charge in [0, 0.05) is 19.2 Å². The van der Waals surface area contributed by atoms with E-state index < -0.39 is 11.9 Å². The van der Waals surface area contributed by atoms with Crippen LogP contribution in [0.1, 0.15) is 6.92 Å². The van der Waals surface area contributed by atoms with Crippen LogP contribution in [0.2, 0.25) is 0 Å². The van der Waals surface area contributed by atoms with E-state index in [1.807, 2.05) is 12.2 Å². The van der Waals surface area contributed by atoms with Gasteiger partial charge in [-0.2, -0.15) is 13.2 Å². The van der Waals surface area contributed by atoms with Crippen LogP contribution in [0.25, 0.3) is 0 Å². The Kier molecular flexibility index (Phi) is 4.92. The standard InChI is InChI=1S/C14H18F3N5/c1-9(6-18)13-21-11(14(15,16)17)5-12(22-13)20-8-10-3-2-4-19-7-10/h2-5,19,21H,6-8,18H2,1H3,(H,20,22)/b13-9-. The maximum absolute atomic E-state index is 13.0. The van der Waals surface area contributed by atoms with Gasteiger partial charge in [0.1, 0.15) is 17.4 Å². The zero-order valence-corrected chi connectivity index (χ0v) is 12.1. The zero-order chi connectivity index (χ0) is 16.2. The van der Waals surface area contributed by atoms with Gasteiger partial charge in [0.05, 0.1) is 6.54 Å². The van der Waals surface area contributed by atoms with E-state index >= 15 is 0 Å². The van der Waals surface area contributed by atoms with Gasteiger partial charge in [-0.15, -0.1) is 0 Å². The normalized spacial score (nSPS) is 22.3. The quantitative estimate of drug-likeness (QED) is 0.633. The minimum atomic E-state index is -4.47. The van der Waals surface area contributed by atoms with Gasteiger partial charge in [0.25, 0.3) is 0 Å². The Bertz CT molecular complexity index is 582. The summed E-state index contributed by atoms with van der Waals surface area (Å²) in [4.78, 5) is 4.21. The molecule has 0 radical (unpaired) electrons. The summed E-state index contributed by atoms with van der Waals surface area (Å²) in [6.07, 6.45) is 2.00. The zero-order valence-electron chi connectivity index (χ0n) is 12.1. The molecule has 0 saturated heterocycles. The third kappa shape index (κ3) is 4.14. The van der Waals surface area contributed by atoms with Crippen molar-refractivity contribution in [2.45, 2.75) is 13.1 Å². The highest BCUT2D eigenvalue weighted by Gasteiger charge is 2.36. The molecule has 0 aromatic carbocycles. The van der Waals surface area contributed by atoms with Crippen LogP contribution in [0, 0.1) is 0 Å². The van der Waals surface area contributed by atoms with E-state index in [1.165, 1.54) is 0 Å². The summed E-state index contributed by atoms with van der Waals surface area (Å²) in [5.41, 5.74) is 6.20. The van der Waals surface area contributed by atoms with Gasteiger partial charge >= 0.3 is 6.18 Å². The molecule has 22 heavy (non-hydrogen) atoms. The van der Waals surface area contributed by atoms with E-state index in [2.05, 4.69) is 20.9 Å². The summed E-state index contributed by atoms with van der Waals surface area (Å²) in [6.45, 7) is 2.75. The second-order valence-corrected chi connectivity index (χ2v) is 4.93. The Hall–Kier alpha value is -2.22. The molecule has 0 bridgehead atoms. The van der Waals surface area contributed by atoms with E-state index in [-0.39, 0.29) is 18.2 Å². The fraction of sp³-hybridized carbons (Fsp3) is 0.357. The predicted molar refractivity (Wildman–Crippen MR) is 79.7 cm³/mol. The van der Waals surface area contributed by atoms with Crippen LogP contribution < -0.4 is 21.7 Å². The number of nitrogens with two attached hydrogens (primary N) is 1. The molecule has 8 heteroatoms. The van der Waals surface area contributed by atoms with Crippen LogP contribution in [0.3, 0.4) is 0 Å². The summed E-state index contributed by atoms with van der Waals surface area (Å²) >= 11 is 0. The van der Waals surface area contributed by atoms with Crippen molar-refractivity contribution < 1.29 is 13.2 Å². The highest BCUT2D eigenvalue weighted by molar-refractivity contribution is 5.96. The predicted octanol–water partition coefficient (Wildman–Crippen LogP) is 1.26. The first-order valence-electron chi connectivity index (χ1n) is 6.75. The average molecular weight is 313 g/mol. The van der Waals surface area contributed by atoms with Crippen molar-refractivity contribution in [1.82, 2.24) is 16.0 Å². The number of aliphatic imine (C=N–C) groups is 1. The number of halogens is 3. The number of nitrogens with one attached hydrogen (secondary N) is 3. The maximum Gasteiger partial charge on any atom is 0.431 e. The van der Waals surface area contributed by atoms with Crippen LogP contribution in [-0.2, 0) is 0 Å².